The average molecular weight is 320 g/mol. The van der Waals surface area contributed by atoms with Gasteiger partial charge in [0.15, 0.2) is 0 Å². The first kappa shape index (κ1) is 14.4. The molecule has 4 rings (SSSR count). The van der Waals surface area contributed by atoms with Gasteiger partial charge in [0, 0.05) is 24.4 Å². The van der Waals surface area contributed by atoms with E-state index in [1.54, 1.807) is 0 Å². The molecular formula is C18H16N4O2. The summed E-state index contributed by atoms with van der Waals surface area (Å²) >= 11 is 0. The number of carbonyl (C=O) groups excluding carboxylic acids is 2. The molecule has 0 aliphatic carbocycles. The van der Waals surface area contributed by atoms with E-state index >= 15 is 0 Å². The maximum absolute atomic E-state index is 12.4. The predicted molar refractivity (Wildman–Crippen MR) is 90.4 cm³/mol. The third-order valence-corrected chi connectivity index (χ3v) is 4.14. The monoisotopic (exact) mass is 320 g/mol. The Hall–Kier alpha value is -3.15. The minimum absolute atomic E-state index is 0.0798. The van der Waals surface area contributed by atoms with Gasteiger partial charge in [-0.1, -0.05) is 24.3 Å². The number of hydrogen-bond acceptors (Lipinski definition) is 3. The highest BCUT2D eigenvalue weighted by Gasteiger charge is 2.27. The molecule has 1 aliphatic rings. The Labute approximate surface area is 138 Å². The van der Waals surface area contributed by atoms with Crippen LogP contribution >= 0.6 is 0 Å². The summed E-state index contributed by atoms with van der Waals surface area (Å²) in [5.74, 6) is -0.277. The lowest BCUT2D eigenvalue weighted by atomic mass is 10.1. The zero-order valence-electron chi connectivity index (χ0n) is 12.9. The highest BCUT2D eigenvalue weighted by atomic mass is 16.2. The summed E-state index contributed by atoms with van der Waals surface area (Å²) in [6.45, 7) is 0. The van der Waals surface area contributed by atoms with E-state index in [0.29, 0.717) is 18.5 Å². The van der Waals surface area contributed by atoms with Crippen LogP contribution in [0.3, 0.4) is 0 Å². The molecule has 0 radical (unpaired) electrons. The number of pyridine rings is 1. The molecule has 2 aromatic heterocycles. The number of benzene rings is 1. The van der Waals surface area contributed by atoms with E-state index in [1.807, 2.05) is 59.3 Å². The van der Waals surface area contributed by atoms with Gasteiger partial charge in [-0.05, 0) is 24.6 Å². The van der Waals surface area contributed by atoms with Gasteiger partial charge in [-0.2, -0.15) is 0 Å². The van der Waals surface area contributed by atoms with Crippen molar-refractivity contribution in [2.24, 2.45) is 0 Å². The normalized spacial score (nSPS) is 17.0. The van der Waals surface area contributed by atoms with Gasteiger partial charge in [0.2, 0.25) is 11.8 Å². The van der Waals surface area contributed by atoms with Crippen LogP contribution in [-0.2, 0) is 9.59 Å². The summed E-state index contributed by atoms with van der Waals surface area (Å²) < 4.78 is 1.94. The SMILES string of the molecule is O=C1CCC(C(=O)Nc2ccccc2-c2cn3ccccc3n2)N1. The summed E-state index contributed by atoms with van der Waals surface area (Å²) in [6, 6.07) is 12.9. The van der Waals surface area contributed by atoms with Crippen molar-refractivity contribution in [1.82, 2.24) is 14.7 Å². The van der Waals surface area contributed by atoms with Crippen LogP contribution < -0.4 is 10.6 Å². The number of nitrogens with one attached hydrogen (secondary N) is 2. The van der Waals surface area contributed by atoms with Crippen molar-refractivity contribution in [1.29, 1.82) is 0 Å². The first-order valence-electron chi connectivity index (χ1n) is 7.84. The van der Waals surface area contributed by atoms with E-state index in [4.69, 9.17) is 0 Å². The molecule has 120 valence electrons. The molecule has 3 heterocycles. The first-order chi connectivity index (χ1) is 11.7. The molecule has 2 N–H and O–H groups in total. The average Bonchev–Trinajstić information content (AvgIpc) is 3.21. The Bertz CT molecular complexity index is 898. The summed E-state index contributed by atoms with van der Waals surface area (Å²) in [5, 5.41) is 5.60. The third-order valence-electron chi connectivity index (χ3n) is 4.14. The van der Waals surface area contributed by atoms with Crippen molar-refractivity contribution >= 4 is 23.1 Å². The van der Waals surface area contributed by atoms with Crippen molar-refractivity contribution in [3.63, 3.8) is 0 Å². The number of aromatic nitrogens is 2. The maximum atomic E-state index is 12.4. The quantitative estimate of drug-likeness (QED) is 0.777. The number of anilines is 1. The van der Waals surface area contributed by atoms with Crippen molar-refractivity contribution in [2.75, 3.05) is 5.32 Å². The zero-order chi connectivity index (χ0) is 16.5. The Morgan fingerprint density at radius 2 is 2.04 bits per heavy atom. The third kappa shape index (κ3) is 2.62. The Morgan fingerprint density at radius 3 is 2.83 bits per heavy atom. The molecule has 2 amide bonds. The van der Waals surface area contributed by atoms with E-state index in [0.717, 1.165) is 16.9 Å². The van der Waals surface area contributed by atoms with Gasteiger partial charge in [0.1, 0.15) is 11.7 Å². The molecule has 0 saturated carbocycles. The van der Waals surface area contributed by atoms with Gasteiger partial charge < -0.3 is 15.0 Å². The predicted octanol–water partition coefficient (Wildman–Crippen LogP) is 2.22. The second kappa shape index (κ2) is 5.81. The van der Waals surface area contributed by atoms with Crippen LogP contribution in [0.1, 0.15) is 12.8 Å². The fourth-order valence-electron chi connectivity index (χ4n) is 2.91. The molecule has 1 aromatic carbocycles. The van der Waals surface area contributed by atoms with E-state index in [1.165, 1.54) is 0 Å². The highest BCUT2D eigenvalue weighted by Crippen LogP contribution is 2.27. The van der Waals surface area contributed by atoms with E-state index in [9.17, 15) is 9.59 Å². The summed E-state index contributed by atoms with van der Waals surface area (Å²) in [4.78, 5) is 28.3. The summed E-state index contributed by atoms with van der Waals surface area (Å²) in [6.07, 6.45) is 4.78. The molecule has 1 aliphatic heterocycles. The molecule has 6 nitrogen and oxygen atoms in total. The Balaban J connectivity index is 1.65. The fraction of sp³-hybridized carbons (Fsp3) is 0.167. The molecule has 1 unspecified atom stereocenters. The first-order valence-corrected chi connectivity index (χ1v) is 7.84. The number of amides is 2. The lowest BCUT2D eigenvalue weighted by Crippen LogP contribution is -2.37. The van der Waals surface area contributed by atoms with Crippen LogP contribution in [0, 0.1) is 0 Å². The molecule has 1 atom stereocenters. The van der Waals surface area contributed by atoms with E-state index in [2.05, 4.69) is 15.6 Å². The van der Waals surface area contributed by atoms with Gasteiger partial charge in [-0.3, -0.25) is 9.59 Å². The highest BCUT2D eigenvalue weighted by molar-refractivity contribution is 6.01. The van der Waals surface area contributed by atoms with Crippen LogP contribution in [0.5, 0.6) is 0 Å². The lowest BCUT2D eigenvalue weighted by Gasteiger charge is -2.13. The number of carbonyl (C=O) groups is 2. The fourth-order valence-corrected chi connectivity index (χ4v) is 2.91. The molecule has 1 saturated heterocycles. The van der Waals surface area contributed by atoms with E-state index < -0.39 is 6.04 Å². The smallest absolute Gasteiger partial charge is 0.246 e. The Morgan fingerprint density at radius 1 is 1.21 bits per heavy atom. The molecular weight excluding hydrogens is 304 g/mol. The van der Waals surface area contributed by atoms with Crippen molar-refractivity contribution in [3.05, 3.63) is 54.9 Å². The second-order valence-corrected chi connectivity index (χ2v) is 5.79. The van der Waals surface area contributed by atoms with Crippen LogP contribution in [0.4, 0.5) is 5.69 Å². The molecule has 0 bridgehead atoms. The van der Waals surface area contributed by atoms with Crippen molar-refractivity contribution in [3.8, 4) is 11.3 Å². The number of nitrogens with zero attached hydrogens (tertiary/aromatic N) is 2. The van der Waals surface area contributed by atoms with Gasteiger partial charge in [-0.25, -0.2) is 4.98 Å². The van der Waals surface area contributed by atoms with Crippen LogP contribution in [0.2, 0.25) is 0 Å². The number of imidazole rings is 1. The summed E-state index contributed by atoms with van der Waals surface area (Å²) in [5.41, 5.74) is 3.16. The van der Waals surface area contributed by atoms with Crippen molar-refractivity contribution < 1.29 is 9.59 Å². The molecule has 24 heavy (non-hydrogen) atoms. The van der Waals surface area contributed by atoms with Crippen LogP contribution in [0.25, 0.3) is 16.9 Å². The standard InChI is InChI=1S/C18H16N4O2/c23-17-9-8-14(20-17)18(24)21-13-6-2-1-5-12(13)15-11-22-10-4-3-7-16(22)19-15/h1-7,10-11,14H,8-9H2,(H,20,23)(H,21,24). The van der Waals surface area contributed by atoms with Gasteiger partial charge in [0.25, 0.3) is 0 Å². The van der Waals surface area contributed by atoms with Crippen LogP contribution in [0.15, 0.2) is 54.9 Å². The number of para-hydroxylation sites is 1. The largest absolute Gasteiger partial charge is 0.344 e. The maximum Gasteiger partial charge on any atom is 0.246 e. The molecule has 6 heteroatoms. The van der Waals surface area contributed by atoms with Gasteiger partial charge in [-0.15, -0.1) is 0 Å². The summed E-state index contributed by atoms with van der Waals surface area (Å²) in [7, 11) is 0. The molecule has 0 spiro atoms. The minimum atomic E-state index is -0.466. The van der Waals surface area contributed by atoms with E-state index in [-0.39, 0.29) is 11.8 Å². The number of rotatable bonds is 3. The zero-order valence-corrected chi connectivity index (χ0v) is 12.9. The molecule has 3 aromatic rings. The molecule has 1 fully saturated rings. The minimum Gasteiger partial charge on any atom is -0.344 e. The Kier molecular flexibility index (Phi) is 3.49. The lowest BCUT2D eigenvalue weighted by molar-refractivity contribution is -0.122. The van der Waals surface area contributed by atoms with Crippen LogP contribution in [-0.4, -0.2) is 27.2 Å². The number of hydrogen-bond donors (Lipinski definition) is 2. The number of fused-ring (bicyclic) bond motifs is 1. The second-order valence-electron chi connectivity index (χ2n) is 5.79. The van der Waals surface area contributed by atoms with Crippen molar-refractivity contribution in [2.45, 2.75) is 18.9 Å². The van der Waals surface area contributed by atoms with Gasteiger partial charge in [0.05, 0.1) is 11.4 Å². The van der Waals surface area contributed by atoms with Gasteiger partial charge >= 0.3 is 0 Å². The topological polar surface area (TPSA) is 75.5 Å².